The van der Waals surface area contributed by atoms with Crippen LogP contribution in [0.2, 0.25) is 0 Å². The molecule has 1 rings (SSSR count). The lowest BCUT2D eigenvalue weighted by molar-refractivity contribution is 0.0945. The Morgan fingerprint density at radius 1 is 1.37 bits per heavy atom. The van der Waals surface area contributed by atoms with Gasteiger partial charge in [-0.15, -0.1) is 0 Å². The lowest BCUT2D eigenvalue weighted by atomic mass is 10.1. The molecule has 0 saturated heterocycles. The smallest absolute Gasteiger partial charge is 0.288 e. The highest BCUT2D eigenvalue weighted by atomic mass is 32.2. The second-order valence-electron chi connectivity index (χ2n) is 4.23. The van der Waals surface area contributed by atoms with E-state index in [0.29, 0.717) is 35.2 Å². The molecule has 0 bridgehead atoms. The summed E-state index contributed by atoms with van der Waals surface area (Å²) < 4.78 is 24.3. The second-order valence-corrected chi connectivity index (χ2v) is 5.29. The van der Waals surface area contributed by atoms with Crippen LogP contribution in [0.4, 0.5) is 8.78 Å². The molecule has 1 unspecified atom stereocenters. The van der Waals surface area contributed by atoms with Crippen molar-refractivity contribution in [3.8, 4) is 0 Å². The summed E-state index contributed by atoms with van der Waals surface area (Å²) in [5.41, 5.74) is 0.440. The van der Waals surface area contributed by atoms with Gasteiger partial charge < -0.3 is 10.4 Å². The van der Waals surface area contributed by atoms with Gasteiger partial charge in [-0.25, -0.2) is 0 Å². The van der Waals surface area contributed by atoms with E-state index in [2.05, 4.69) is 5.32 Å². The number of benzene rings is 1. The quantitative estimate of drug-likeness (QED) is 0.759. The summed E-state index contributed by atoms with van der Waals surface area (Å²) in [5.74, 6) is -2.50. The number of hydrogen-bond acceptors (Lipinski definition) is 3. The Morgan fingerprint density at radius 2 is 2.00 bits per heavy atom. The SMILES string of the molecule is CC(CCO)CNC(=O)c1ccc(SC(F)F)cc1. The Hall–Kier alpha value is -1.14. The Balaban J connectivity index is 2.48. The van der Waals surface area contributed by atoms with E-state index in [1.165, 1.54) is 24.3 Å². The average molecular weight is 289 g/mol. The monoisotopic (exact) mass is 289 g/mol. The molecule has 1 amide bonds. The molecule has 0 radical (unpaired) electrons. The van der Waals surface area contributed by atoms with E-state index in [4.69, 9.17) is 5.11 Å². The minimum absolute atomic E-state index is 0.0938. The molecule has 0 aliphatic carbocycles. The highest BCUT2D eigenvalue weighted by Gasteiger charge is 2.09. The third-order valence-corrected chi connectivity index (χ3v) is 3.30. The van der Waals surface area contributed by atoms with Crippen molar-refractivity contribution in [1.82, 2.24) is 5.32 Å². The van der Waals surface area contributed by atoms with Crippen LogP contribution in [-0.2, 0) is 0 Å². The second kappa shape index (κ2) is 8.12. The van der Waals surface area contributed by atoms with Crippen molar-refractivity contribution in [3.05, 3.63) is 29.8 Å². The maximum atomic E-state index is 12.1. The Labute approximate surface area is 115 Å². The number of aliphatic hydroxyl groups is 1. The molecule has 2 N–H and O–H groups in total. The van der Waals surface area contributed by atoms with Gasteiger partial charge >= 0.3 is 0 Å². The van der Waals surface area contributed by atoms with E-state index in [0.717, 1.165) is 0 Å². The topological polar surface area (TPSA) is 49.3 Å². The predicted octanol–water partition coefficient (Wildman–Crippen LogP) is 2.75. The van der Waals surface area contributed by atoms with Crippen LogP contribution in [-0.4, -0.2) is 29.9 Å². The first-order chi connectivity index (χ1) is 9.02. The molecule has 106 valence electrons. The first kappa shape index (κ1) is 15.9. The molecule has 0 spiro atoms. The Bertz CT molecular complexity index is 398. The van der Waals surface area contributed by atoms with E-state index >= 15 is 0 Å². The average Bonchev–Trinajstić information content (AvgIpc) is 2.36. The maximum Gasteiger partial charge on any atom is 0.288 e. The van der Waals surface area contributed by atoms with E-state index in [1.54, 1.807) is 0 Å². The van der Waals surface area contributed by atoms with Crippen LogP contribution in [0.5, 0.6) is 0 Å². The fourth-order valence-corrected chi connectivity index (χ4v) is 1.98. The van der Waals surface area contributed by atoms with Gasteiger partial charge in [0.15, 0.2) is 0 Å². The standard InChI is InChI=1S/C13H17F2NO2S/c1-9(6-7-17)8-16-12(18)10-2-4-11(5-3-10)19-13(14)15/h2-5,9,13,17H,6-8H2,1H3,(H,16,18). The number of amides is 1. The molecule has 6 heteroatoms. The first-order valence-electron chi connectivity index (χ1n) is 5.97. The van der Waals surface area contributed by atoms with Gasteiger partial charge in [0.25, 0.3) is 11.7 Å². The predicted molar refractivity (Wildman–Crippen MR) is 71.5 cm³/mol. The van der Waals surface area contributed by atoms with Gasteiger partial charge in [-0.1, -0.05) is 18.7 Å². The number of thioether (sulfide) groups is 1. The maximum absolute atomic E-state index is 12.1. The van der Waals surface area contributed by atoms with Gasteiger partial charge in [0, 0.05) is 23.6 Å². The summed E-state index contributed by atoms with van der Waals surface area (Å²) in [7, 11) is 0. The van der Waals surface area contributed by atoms with Crippen molar-refractivity contribution in [3.63, 3.8) is 0 Å². The van der Waals surface area contributed by atoms with Crippen LogP contribution in [0.1, 0.15) is 23.7 Å². The van der Waals surface area contributed by atoms with Gasteiger partial charge in [0.2, 0.25) is 0 Å². The molecule has 19 heavy (non-hydrogen) atoms. The third-order valence-electron chi connectivity index (χ3n) is 2.57. The Morgan fingerprint density at radius 3 is 2.53 bits per heavy atom. The van der Waals surface area contributed by atoms with Gasteiger partial charge in [0.05, 0.1) is 0 Å². The van der Waals surface area contributed by atoms with E-state index < -0.39 is 5.76 Å². The number of aliphatic hydroxyl groups excluding tert-OH is 1. The third kappa shape index (κ3) is 6.02. The Kier molecular flexibility index (Phi) is 6.80. The van der Waals surface area contributed by atoms with Gasteiger partial charge in [0.1, 0.15) is 0 Å². The highest BCUT2D eigenvalue weighted by Crippen LogP contribution is 2.25. The van der Waals surface area contributed by atoms with Gasteiger partial charge in [-0.2, -0.15) is 8.78 Å². The lowest BCUT2D eigenvalue weighted by Crippen LogP contribution is -2.28. The van der Waals surface area contributed by atoms with Crippen LogP contribution in [0.25, 0.3) is 0 Å². The number of alkyl halides is 2. The minimum atomic E-state index is -2.46. The summed E-state index contributed by atoms with van der Waals surface area (Å²) in [4.78, 5) is 12.2. The van der Waals surface area contributed by atoms with Crippen LogP contribution < -0.4 is 5.32 Å². The molecule has 1 atom stereocenters. The number of nitrogens with one attached hydrogen (secondary N) is 1. The van der Waals surface area contributed by atoms with E-state index in [1.807, 2.05) is 6.92 Å². The van der Waals surface area contributed by atoms with Crippen molar-refractivity contribution < 1.29 is 18.7 Å². The molecule has 0 saturated carbocycles. The highest BCUT2D eigenvalue weighted by molar-refractivity contribution is 7.99. The lowest BCUT2D eigenvalue weighted by Gasteiger charge is -2.11. The molecular formula is C13H17F2NO2S. The molecule has 1 aromatic rings. The molecule has 3 nitrogen and oxygen atoms in total. The number of carbonyl (C=O) groups is 1. The van der Waals surface area contributed by atoms with Crippen molar-refractivity contribution in [2.75, 3.05) is 13.2 Å². The molecule has 0 aliphatic heterocycles. The number of carbonyl (C=O) groups excluding carboxylic acids is 1. The zero-order chi connectivity index (χ0) is 14.3. The minimum Gasteiger partial charge on any atom is -0.396 e. The van der Waals surface area contributed by atoms with Crippen molar-refractivity contribution in [1.29, 1.82) is 0 Å². The first-order valence-corrected chi connectivity index (χ1v) is 6.85. The molecule has 0 heterocycles. The fraction of sp³-hybridized carbons (Fsp3) is 0.462. The summed E-state index contributed by atoms with van der Waals surface area (Å²) in [5, 5.41) is 11.5. The fourth-order valence-electron chi connectivity index (χ4n) is 1.48. The largest absolute Gasteiger partial charge is 0.396 e. The molecule has 0 aromatic heterocycles. The summed E-state index contributed by atoms with van der Waals surface area (Å²) in [6.07, 6.45) is 0.629. The zero-order valence-corrected chi connectivity index (χ0v) is 11.4. The molecular weight excluding hydrogens is 272 g/mol. The number of rotatable bonds is 7. The number of halogens is 2. The normalized spacial score (nSPS) is 12.5. The summed E-state index contributed by atoms with van der Waals surface area (Å²) in [6.45, 7) is 2.50. The van der Waals surface area contributed by atoms with Crippen molar-refractivity contribution in [2.45, 2.75) is 24.0 Å². The summed E-state index contributed by atoms with van der Waals surface area (Å²) >= 11 is 0.451. The van der Waals surface area contributed by atoms with Crippen LogP contribution in [0, 0.1) is 5.92 Å². The van der Waals surface area contributed by atoms with Gasteiger partial charge in [-0.05, 0) is 36.6 Å². The molecule has 0 aliphatic rings. The van der Waals surface area contributed by atoms with Crippen molar-refractivity contribution in [2.24, 2.45) is 5.92 Å². The van der Waals surface area contributed by atoms with Crippen molar-refractivity contribution >= 4 is 17.7 Å². The van der Waals surface area contributed by atoms with Crippen LogP contribution in [0.15, 0.2) is 29.2 Å². The van der Waals surface area contributed by atoms with E-state index in [9.17, 15) is 13.6 Å². The van der Waals surface area contributed by atoms with Crippen LogP contribution in [0.3, 0.4) is 0 Å². The zero-order valence-electron chi connectivity index (χ0n) is 10.6. The van der Waals surface area contributed by atoms with E-state index in [-0.39, 0.29) is 18.4 Å². The van der Waals surface area contributed by atoms with Gasteiger partial charge in [-0.3, -0.25) is 4.79 Å². The molecule has 1 aromatic carbocycles. The number of hydrogen-bond donors (Lipinski definition) is 2. The molecule has 0 fully saturated rings. The summed E-state index contributed by atoms with van der Waals surface area (Å²) in [6, 6.07) is 6.05. The van der Waals surface area contributed by atoms with Crippen LogP contribution >= 0.6 is 11.8 Å².